The number of hydrogen-bond donors (Lipinski definition) is 2. The molecule has 9 nitrogen and oxygen atoms in total. The van der Waals surface area contributed by atoms with Crippen LogP contribution in [0.15, 0.2) is 12.1 Å². The predicted octanol–water partition coefficient (Wildman–Crippen LogP) is 0.423. The fourth-order valence-corrected chi connectivity index (χ4v) is 2.16. The van der Waals surface area contributed by atoms with Crippen LogP contribution in [0.4, 0.5) is 21.2 Å². The van der Waals surface area contributed by atoms with Gasteiger partial charge in [-0.25, -0.2) is 14.6 Å². The van der Waals surface area contributed by atoms with E-state index in [-0.39, 0.29) is 33.7 Å². The van der Waals surface area contributed by atoms with Crippen LogP contribution in [0.5, 0.6) is 5.75 Å². The molecule has 0 atom stereocenters. The normalized spacial score (nSPS) is 20.0. The summed E-state index contributed by atoms with van der Waals surface area (Å²) in [5.41, 5.74) is 0. The number of hydrogen-bond acceptors (Lipinski definition) is 6. The number of fused-ring (bicyclic) bond motifs is 1. The summed E-state index contributed by atoms with van der Waals surface area (Å²) in [5, 5.41) is 5.07. The van der Waals surface area contributed by atoms with E-state index in [1.54, 1.807) is 14.1 Å². The molecule has 0 unspecified atom stereocenters. The number of urea groups is 2. The molecule has 22 heavy (non-hydrogen) atoms. The summed E-state index contributed by atoms with van der Waals surface area (Å²) in [6, 6.07) is 1.75. The molecular weight excluding hydrogens is 310 g/mol. The molecule has 3 heterocycles. The van der Waals surface area contributed by atoms with Gasteiger partial charge in [-0.15, -0.1) is 0 Å². The number of quaternary nitrogens is 1. The summed E-state index contributed by atoms with van der Waals surface area (Å²) in [6.07, 6.45) is 0. The fourth-order valence-electron chi connectivity index (χ4n) is 1.99. The third-order valence-corrected chi connectivity index (χ3v) is 3.84. The van der Waals surface area contributed by atoms with Gasteiger partial charge in [-0.1, -0.05) is 0 Å². The molecule has 0 radical (unpaired) electrons. The molecular formula is C12H12N5O4S+. The van der Waals surface area contributed by atoms with Gasteiger partial charge in [-0.3, -0.25) is 10.1 Å². The molecule has 114 valence electrons. The lowest BCUT2D eigenvalue weighted by Gasteiger charge is -2.35. The molecule has 1 saturated heterocycles. The van der Waals surface area contributed by atoms with E-state index in [4.69, 9.17) is 17.0 Å². The van der Waals surface area contributed by atoms with Crippen molar-refractivity contribution in [1.29, 1.82) is 0 Å². The van der Waals surface area contributed by atoms with Gasteiger partial charge in [0, 0.05) is 12.2 Å². The second kappa shape index (κ2) is 4.71. The summed E-state index contributed by atoms with van der Waals surface area (Å²) >= 11 is 5.01. The minimum Gasteiger partial charge on any atom is -0.480 e. The third-order valence-electron chi connectivity index (χ3n) is 3.28. The Morgan fingerprint density at radius 3 is 2.73 bits per heavy atom. The van der Waals surface area contributed by atoms with E-state index >= 15 is 0 Å². The smallest absolute Gasteiger partial charge is 0.439 e. The van der Waals surface area contributed by atoms with Gasteiger partial charge in [0.05, 0.1) is 14.1 Å². The lowest BCUT2D eigenvalue weighted by atomic mass is 10.3. The summed E-state index contributed by atoms with van der Waals surface area (Å²) < 4.78 is 4.87. The highest BCUT2D eigenvalue weighted by molar-refractivity contribution is 7.80. The summed E-state index contributed by atoms with van der Waals surface area (Å²) in [6.45, 7) is -0.102. The summed E-state index contributed by atoms with van der Waals surface area (Å²) in [5.74, 6) is 0.245. The van der Waals surface area contributed by atoms with Crippen molar-refractivity contribution >= 4 is 46.9 Å². The Balaban J connectivity index is 2.02. The van der Waals surface area contributed by atoms with Crippen molar-refractivity contribution in [2.75, 3.05) is 30.9 Å². The van der Waals surface area contributed by atoms with Gasteiger partial charge in [-0.05, 0) is 12.1 Å². The molecule has 3 rings (SSSR count). The summed E-state index contributed by atoms with van der Waals surface area (Å²) in [4.78, 5) is 40.9. The van der Waals surface area contributed by atoms with Crippen molar-refractivity contribution in [2.45, 2.75) is 0 Å². The number of ether oxygens (including phenoxy) is 1. The van der Waals surface area contributed by atoms with Crippen molar-refractivity contribution in [3.05, 3.63) is 12.1 Å². The number of anilines is 2. The van der Waals surface area contributed by atoms with Crippen molar-refractivity contribution in [2.24, 2.45) is 0 Å². The maximum absolute atomic E-state index is 12.5. The highest BCUT2D eigenvalue weighted by Gasteiger charge is 2.47. The van der Waals surface area contributed by atoms with Gasteiger partial charge in [-0.2, -0.15) is 9.38 Å². The Bertz CT molecular complexity index is 732. The molecule has 5 amide bonds. The maximum atomic E-state index is 12.5. The van der Waals surface area contributed by atoms with E-state index in [2.05, 4.69) is 15.6 Å². The quantitative estimate of drug-likeness (QED) is 0.574. The molecule has 0 saturated carbocycles. The molecule has 0 aliphatic carbocycles. The van der Waals surface area contributed by atoms with Crippen LogP contribution in [0.2, 0.25) is 0 Å². The highest BCUT2D eigenvalue weighted by Crippen LogP contribution is 2.29. The number of amides is 5. The number of pyridine rings is 1. The van der Waals surface area contributed by atoms with Crippen molar-refractivity contribution < 1.29 is 23.6 Å². The lowest BCUT2D eigenvalue weighted by Crippen LogP contribution is -2.69. The second-order valence-electron chi connectivity index (χ2n) is 5.16. The monoisotopic (exact) mass is 322 g/mol. The van der Waals surface area contributed by atoms with E-state index in [9.17, 15) is 14.4 Å². The van der Waals surface area contributed by atoms with Gasteiger partial charge >= 0.3 is 12.1 Å². The maximum Gasteiger partial charge on any atom is 0.439 e. The Morgan fingerprint density at radius 1 is 1.27 bits per heavy atom. The zero-order valence-corrected chi connectivity index (χ0v) is 12.6. The van der Waals surface area contributed by atoms with Crippen LogP contribution in [-0.4, -0.2) is 53.3 Å². The SMILES string of the molecule is C[N+]1(C)C(=O)N(c2ccc3c(n2)NC(=O)CO3)C(=O)NC1=S. The van der Waals surface area contributed by atoms with E-state index in [0.717, 1.165) is 4.90 Å². The van der Waals surface area contributed by atoms with E-state index in [0.29, 0.717) is 5.75 Å². The number of nitrogens with one attached hydrogen (secondary N) is 2. The number of rotatable bonds is 1. The van der Waals surface area contributed by atoms with Crippen LogP contribution in [0.25, 0.3) is 0 Å². The predicted molar refractivity (Wildman–Crippen MR) is 79.5 cm³/mol. The molecule has 10 heteroatoms. The number of nitrogens with zero attached hydrogens (tertiary/aromatic N) is 3. The first-order valence-corrected chi connectivity index (χ1v) is 6.69. The van der Waals surface area contributed by atoms with E-state index < -0.39 is 12.1 Å². The summed E-state index contributed by atoms with van der Waals surface area (Å²) in [7, 11) is 3.11. The molecule has 1 aromatic rings. The molecule has 0 bridgehead atoms. The molecule has 1 aromatic heterocycles. The Hall–Kier alpha value is -2.59. The second-order valence-corrected chi connectivity index (χ2v) is 5.55. The topological polar surface area (TPSA) is 101 Å². The first kappa shape index (κ1) is 14.4. The van der Waals surface area contributed by atoms with Crippen LogP contribution in [0, 0.1) is 0 Å². The van der Waals surface area contributed by atoms with Gasteiger partial charge < -0.3 is 10.1 Å². The molecule has 2 aliphatic heterocycles. The standard InChI is InChI=1S/C12H11N5O4S/c1-17(2)11(22)15-10(19)16(12(17)20)7-4-3-6-9(13-7)14-8(18)5-21-6/h3-4H,5H2,1-2H3,(H-,13,14,15,18,19,22)/p+1. The van der Waals surface area contributed by atoms with Crippen LogP contribution in [-0.2, 0) is 4.79 Å². The minimum atomic E-state index is -0.692. The van der Waals surface area contributed by atoms with Crippen LogP contribution >= 0.6 is 12.2 Å². The first-order chi connectivity index (χ1) is 10.3. The molecule has 1 fully saturated rings. The van der Waals surface area contributed by atoms with Crippen LogP contribution < -0.4 is 20.3 Å². The van der Waals surface area contributed by atoms with Crippen molar-refractivity contribution in [1.82, 2.24) is 10.3 Å². The largest absolute Gasteiger partial charge is 0.480 e. The Kier molecular flexibility index (Phi) is 3.07. The first-order valence-electron chi connectivity index (χ1n) is 6.28. The zero-order chi connectivity index (χ0) is 16.1. The zero-order valence-electron chi connectivity index (χ0n) is 11.7. The Morgan fingerprint density at radius 2 is 2.00 bits per heavy atom. The molecule has 0 aromatic carbocycles. The van der Waals surface area contributed by atoms with Crippen LogP contribution in [0.1, 0.15) is 0 Å². The number of carbonyl (C=O) groups is 3. The Labute approximate surface area is 130 Å². The van der Waals surface area contributed by atoms with Gasteiger partial charge in [0.15, 0.2) is 24.0 Å². The average molecular weight is 322 g/mol. The van der Waals surface area contributed by atoms with Crippen molar-refractivity contribution in [3.8, 4) is 5.75 Å². The number of aromatic nitrogens is 1. The number of carbonyl (C=O) groups excluding carboxylic acids is 3. The van der Waals surface area contributed by atoms with Gasteiger partial charge in [0.2, 0.25) is 0 Å². The van der Waals surface area contributed by atoms with E-state index in [1.165, 1.54) is 12.1 Å². The highest BCUT2D eigenvalue weighted by atomic mass is 32.1. The van der Waals surface area contributed by atoms with Crippen molar-refractivity contribution in [3.63, 3.8) is 0 Å². The number of imide groups is 1. The van der Waals surface area contributed by atoms with Gasteiger partial charge in [0.1, 0.15) is 0 Å². The van der Waals surface area contributed by atoms with Crippen LogP contribution in [0.3, 0.4) is 0 Å². The van der Waals surface area contributed by atoms with E-state index in [1.807, 2.05) is 0 Å². The average Bonchev–Trinajstić information content (AvgIpc) is 2.45. The molecule has 0 spiro atoms. The number of thiocarbonyl (C=S) groups is 1. The minimum absolute atomic E-state index is 0.0701. The molecule has 2 aliphatic rings. The molecule has 2 N–H and O–H groups in total. The third kappa shape index (κ3) is 2.09. The lowest BCUT2D eigenvalue weighted by molar-refractivity contribution is -0.710. The fraction of sp³-hybridized carbons (Fsp3) is 0.250. The van der Waals surface area contributed by atoms with Gasteiger partial charge in [0.25, 0.3) is 11.0 Å².